The van der Waals surface area contributed by atoms with Crippen molar-refractivity contribution < 1.29 is 47.9 Å². The summed E-state index contributed by atoms with van der Waals surface area (Å²) in [5, 5.41) is 20.8. The highest BCUT2D eigenvalue weighted by atomic mass is 16.2. The lowest BCUT2D eigenvalue weighted by Crippen LogP contribution is -2.60. The monoisotopic (exact) mass is 855 g/mol. The van der Waals surface area contributed by atoms with Gasteiger partial charge in [0.05, 0.1) is 60.5 Å². The molecule has 3 unspecified atom stereocenters. The Kier molecular flexibility index (Phi) is 15.3. The summed E-state index contributed by atoms with van der Waals surface area (Å²) >= 11 is 0. The Hall–Kier alpha value is -8.22. The number of para-hydroxylation sites is 4. The lowest BCUT2D eigenvalue weighted by molar-refractivity contribution is -0.134. The molecule has 0 bridgehead atoms. The van der Waals surface area contributed by atoms with E-state index in [0.29, 0.717) is 22.1 Å². The molecule has 25 nitrogen and oxygen atoms in total. The standard InChI is InChI=1S/C37H41N15O10/c38-10-23-33(58)46-17-31(56)51-27(14-44-35(60)25-12-41-19-6-2-4-8-21(19)48-25)37(62)52-26(13-43-34(59)24-11-40-18-5-1-3-7-20(18)47-24)36(61)45-15-29(54)42-16-30(55)49-22(32(39)57)9-28(53)50-23/h1-8,11-12,22-23,26-27H,9-10,13-17,38H2,(H2,39,57)(H,42,54)(H,43,59)(H,44,60)(H,45,61)(H,46,58)(H,49,55)(H,50,53)(H,51,56)(H,52,62)/t22-,23?,26?,27?/m0/s1. The Balaban J connectivity index is 1.39. The molecule has 324 valence electrons. The second-order valence-corrected chi connectivity index (χ2v) is 13.4. The van der Waals surface area contributed by atoms with Crippen molar-refractivity contribution in [2.24, 2.45) is 11.5 Å². The zero-order chi connectivity index (χ0) is 44.8. The number of carbonyl (C=O) groups excluding carboxylic acids is 10. The minimum absolute atomic E-state index is 0.145. The van der Waals surface area contributed by atoms with Crippen LogP contribution in [0, 0.1) is 0 Å². The molecule has 0 radical (unpaired) electrons. The number of benzene rings is 2. The van der Waals surface area contributed by atoms with Gasteiger partial charge < -0.3 is 59.3 Å². The molecule has 0 saturated carbocycles. The van der Waals surface area contributed by atoms with Gasteiger partial charge in [-0.2, -0.15) is 0 Å². The summed E-state index contributed by atoms with van der Waals surface area (Å²) in [6.07, 6.45) is 1.64. The molecule has 13 N–H and O–H groups in total. The number of aromatic nitrogens is 4. The van der Waals surface area contributed by atoms with Gasteiger partial charge in [-0.1, -0.05) is 24.3 Å². The Morgan fingerprint density at radius 2 is 1.02 bits per heavy atom. The van der Waals surface area contributed by atoms with Gasteiger partial charge in [0.2, 0.25) is 47.3 Å². The van der Waals surface area contributed by atoms with Crippen LogP contribution in [0.25, 0.3) is 22.1 Å². The van der Waals surface area contributed by atoms with Gasteiger partial charge in [0.1, 0.15) is 35.6 Å². The summed E-state index contributed by atoms with van der Waals surface area (Å²) in [6, 6.07) is 7.03. The number of carbonyl (C=O) groups is 10. The molecule has 4 atom stereocenters. The number of primary amides is 1. The fourth-order valence-electron chi connectivity index (χ4n) is 5.60. The molecule has 3 heterocycles. The van der Waals surface area contributed by atoms with Gasteiger partial charge in [0.15, 0.2) is 0 Å². The smallest absolute Gasteiger partial charge is 0.271 e. The summed E-state index contributed by atoms with van der Waals surface area (Å²) in [4.78, 5) is 147. The molecular weight excluding hydrogens is 815 g/mol. The first-order chi connectivity index (χ1) is 29.7. The molecule has 5 rings (SSSR count). The molecule has 25 heteroatoms. The number of rotatable bonds is 8. The number of fused-ring (bicyclic) bond motifs is 2. The van der Waals surface area contributed by atoms with E-state index in [0.717, 1.165) is 0 Å². The van der Waals surface area contributed by atoms with Crippen LogP contribution in [0.15, 0.2) is 60.9 Å². The first-order valence-corrected chi connectivity index (χ1v) is 18.7. The molecule has 1 saturated heterocycles. The van der Waals surface area contributed by atoms with Gasteiger partial charge in [0.25, 0.3) is 11.8 Å². The SMILES string of the molecule is NCC1NC(=O)C[C@@H](C(N)=O)NC(=O)CNC(=O)CNC(=O)C(CNC(=O)c2cnc3ccccc3n2)NC(=O)C(CNC(=O)c2cnc3ccccc3n2)NC(=O)CNC1=O. The molecular formula is C37H41N15O10. The second kappa shape index (κ2) is 21.2. The third-order valence-corrected chi connectivity index (χ3v) is 8.83. The van der Waals surface area contributed by atoms with E-state index in [1.807, 2.05) is 0 Å². The average molecular weight is 856 g/mol. The zero-order valence-electron chi connectivity index (χ0n) is 32.6. The van der Waals surface area contributed by atoms with Crippen molar-refractivity contribution >= 4 is 81.1 Å². The summed E-state index contributed by atoms with van der Waals surface area (Å²) in [5.74, 6) is -9.67. The van der Waals surface area contributed by atoms with E-state index < -0.39 is 129 Å². The van der Waals surface area contributed by atoms with Crippen LogP contribution in [0.1, 0.15) is 27.4 Å². The van der Waals surface area contributed by atoms with Crippen LogP contribution in [-0.2, 0) is 38.4 Å². The van der Waals surface area contributed by atoms with Gasteiger partial charge in [0, 0.05) is 19.6 Å². The maximum atomic E-state index is 13.9. The number of nitrogens with two attached hydrogens (primary N) is 2. The summed E-state index contributed by atoms with van der Waals surface area (Å²) in [6.45, 7) is -4.05. The molecule has 62 heavy (non-hydrogen) atoms. The minimum atomic E-state index is -1.68. The molecule has 0 aliphatic carbocycles. The number of hydrogen-bond donors (Lipinski definition) is 11. The largest absolute Gasteiger partial charge is 0.368 e. The van der Waals surface area contributed by atoms with Crippen molar-refractivity contribution in [3.8, 4) is 0 Å². The number of hydrogen-bond acceptors (Lipinski definition) is 15. The van der Waals surface area contributed by atoms with E-state index >= 15 is 0 Å². The van der Waals surface area contributed by atoms with Crippen molar-refractivity contribution in [2.75, 3.05) is 39.3 Å². The average Bonchev–Trinajstić information content (AvgIpc) is 3.27. The summed E-state index contributed by atoms with van der Waals surface area (Å²) in [5.41, 5.74) is 12.5. The lowest BCUT2D eigenvalue weighted by Gasteiger charge is -2.24. The number of nitrogens with one attached hydrogen (secondary N) is 9. The minimum Gasteiger partial charge on any atom is -0.368 e. The predicted octanol–water partition coefficient (Wildman–Crippen LogP) is -6.13. The highest BCUT2D eigenvalue weighted by Crippen LogP contribution is 2.10. The Bertz CT molecular complexity index is 2410. The molecule has 4 aromatic rings. The summed E-state index contributed by atoms with van der Waals surface area (Å²) in [7, 11) is 0. The maximum absolute atomic E-state index is 13.9. The van der Waals surface area contributed by atoms with E-state index in [4.69, 9.17) is 11.5 Å². The van der Waals surface area contributed by atoms with Gasteiger partial charge in [-0.25, -0.2) is 9.97 Å². The van der Waals surface area contributed by atoms with Gasteiger partial charge in [-0.05, 0) is 24.3 Å². The third kappa shape index (κ3) is 12.6. The Morgan fingerprint density at radius 1 is 0.565 bits per heavy atom. The molecule has 10 amide bonds. The molecule has 1 aliphatic heterocycles. The molecule has 1 aliphatic rings. The topological polar surface area (TPSA) is 383 Å². The van der Waals surface area contributed by atoms with Crippen LogP contribution in [-0.4, -0.2) is 142 Å². The van der Waals surface area contributed by atoms with Crippen LogP contribution in [0.4, 0.5) is 0 Å². The van der Waals surface area contributed by atoms with Crippen molar-refractivity contribution in [2.45, 2.75) is 30.6 Å². The predicted molar refractivity (Wildman–Crippen MR) is 213 cm³/mol. The second-order valence-electron chi connectivity index (χ2n) is 13.4. The first-order valence-electron chi connectivity index (χ1n) is 18.7. The van der Waals surface area contributed by atoms with Crippen molar-refractivity contribution in [1.29, 1.82) is 0 Å². The fourth-order valence-corrected chi connectivity index (χ4v) is 5.60. The lowest BCUT2D eigenvalue weighted by atomic mass is 10.1. The van der Waals surface area contributed by atoms with Gasteiger partial charge >= 0.3 is 0 Å². The normalized spacial score (nSPS) is 20.0. The fraction of sp³-hybridized carbons (Fsp3) is 0.297. The van der Waals surface area contributed by atoms with E-state index in [2.05, 4.69) is 67.8 Å². The highest BCUT2D eigenvalue weighted by molar-refractivity contribution is 5.99. The van der Waals surface area contributed by atoms with Gasteiger partial charge in [-0.3, -0.25) is 57.9 Å². The molecule has 0 spiro atoms. The van der Waals surface area contributed by atoms with Gasteiger partial charge in [-0.15, -0.1) is 0 Å². The van der Waals surface area contributed by atoms with Crippen LogP contribution in [0.3, 0.4) is 0 Å². The molecule has 2 aromatic heterocycles. The third-order valence-electron chi connectivity index (χ3n) is 8.83. The van der Waals surface area contributed by atoms with E-state index in [1.54, 1.807) is 48.5 Å². The van der Waals surface area contributed by atoms with E-state index in [1.165, 1.54) is 12.4 Å². The first kappa shape index (κ1) is 44.9. The quantitative estimate of drug-likeness (QED) is 0.0786. The summed E-state index contributed by atoms with van der Waals surface area (Å²) < 4.78 is 0. The van der Waals surface area contributed by atoms with Crippen molar-refractivity contribution in [3.63, 3.8) is 0 Å². The van der Waals surface area contributed by atoms with Crippen molar-refractivity contribution in [3.05, 3.63) is 72.3 Å². The Morgan fingerprint density at radius 3 is 1.55 bits per heavy atom. The van der Waals surface area contributed by atoms with E-state index in [9.17, 15) is 47.9 Å². The Labute approximate surface area is 350 Å². The van der Waals surface area contributed by atoms with Crippen LogP contribution < -0.4 is 59.3 Å². The number of amides is 10. The highest BCUT2D eigenvalue weighted by Gasteiger charge is 2.30. The van der Waals surface area contributed by atoms with Crippen molar-refractivity contribution in [1.82, 2.24) is 67.8 Å². The molecule has 2 aromatic carbocycles. The van der Waals surface area contributed by atoms with Crippen LogP contribution in [0.5, 0.6) is 0 Å². The van der Waals surface area contributed by atoms with E-state index in [-0.39, 0.29) is 11.4 Å². The maximum Gasteiger partial charge on any atom is 0.271 e. The number of nitrogens with zero attached hydrogens (tertiary/aromatic N) is 4. The zero-order valence-corrected chi connectivity index (χ0v) is 32.6. The molecule has 1 fully saturated rings. The van der Waals surface area contributed by atoms with Crippen LogP contribution >= 0.6 is 0 Å². The van der Waals surface area contributed by atoms with Crippen LogP contribution in [0.2, 0.25) is 0 Å².